The van der Waals surface area contributed by atoms with Gasteiger partial charge < -0.3 is 15.0 Å². The van der Waals surface area contributed by atoms with E-state index in [2.05, 4.69) is 28.3 Å². The molecule has 0 aromatic rings. The number of hydrogen-bond donors (Lipinski definition) is 1. The summed E-state index contributed by atoms with van der Waals surface area (Å²) < 4.78 is 5.44. The van der Waals surface area contributed by atoms with Crippen molar-refractivity contribution in [1.82, 2.24) is 10.2 Å². The maximum atomic E-state index is 5.44. The fourth-order valence-electron chi connectivity index (χ4n) is 3.05. The fourth-order valence-corrected chi connectivity index (χ4v) is 3.05. The van der Waals surface area contributed by atoms with Gasteiger partial charge in [0.15, 0.2) is 5.96 Å². The lowest BCUT2D eigenvalue weighted by Gasteiger charge is -2.24. The van der Waals surface area contributed by atoms with Gasteiger partial charge in [-0.2, -0.15) is 0 Å². The van der Waals surface area contributed by atoms with Gasteiger partial charge in [-0.05, 0) is 38.5 Å². The maximum Gasteiger partial charge on any atom is 0.193 e. The van der Waals surface area contributed by atoms with Crippen LogP contribution in [0, 0.1) is 5.92 Å². The molecule has 2 aliphatic rings. The van der Waals surface area contributed by atoms with Crippen LogP contribution in [-0.2, 0) is 4.74 Å². The molecule has 1 heterocycles. The Hall–Kier alpha value is -1.03. The first-order valence-corrected chi connectivity index (χ1v) is 7.97. The van der Waals surface area contributed by atoms with Gasteiger partial charge in [0, 0.05) is 39.7 Å². The van der Waals surface area contributed by atoms with Gasteiger partial charge in [0.2, 0.25) is 0 Å². The summed E-state index contributed by atoms with van der Waals surface area (Å²) in [6, 6.07) is 0. The number of nitrogens with zero attached hydrogens (tertiary/aromatic N) is 2. The third-order valence-electron chi connectivity index (χ3n) is 4.24. The van der Waals surface area contributed by atoms with Crippen LogP contribution in [0.25, 0.3) is 0 Å². The van der Waals surface area contributed by atoms with Crippen LogP contribution < -0.4 is 5.32 Å². The van der Waals surface area contributed by atoms with Crippen LogP contribution in [0.4, 0.5) is 0 Å². The normalized spacial score (nSPS) is 23.6. The Kier molecular flexibility index (Phi) is 6.37. The summed E-state index contributed by atoms with van der Waals surface area (Å²) in [5.74, 6) is 1.66. The minimum absolute atomic E-state index is 0.652. The molecule has 1 aliphatic carbocycles. The van der Waals surface area contributed by atoms with Crippen molar-refractivity contribution in [2.24, 2.45) is 10.9 Å². The second kappa shape index (κ2) is 8.30. The molecule has 0 aromatic heterocycles. The monoisotopic (exact) mass is 279 g/mol. The average molecular weight is 279 g/mol. The lowest BCUT2D eigenvalue weighted by Crippen LogP contribution is -2.41. The molecule has 4 heteroatoms. The number of ether oxygens (including phenoxy) is 1. The molecule has 4 nitrogen and oxygen atoms in total. The maximum absolute atomic E-state index is 5.44. The Bertz CT molecular complexity index is 346. The van der Waals surface area contributed by atoms with Gasteiger partial charge in [-0.3, -0.25) is 4.99 Å². The van der Waals surface area contributed by atoms with Crippen molar-refractivity contribution >= 4 is 5.96 Å². The molecule has 0 spiro atoms. The molecule has 1 atom stereocenters. The molecule has 0 amide bonds. The van der Waals surface area contributed by atoms with Crippen LogP contribution in [0.3, 0.4) is 0 Å². The van der Waals surface area contributed by atoms with Crippen LogP contribution in [-0.4, -0.2) is 51.3 Å². The molecule has 0 aromatic carbocycles. The van der Waals surface area contributed by atoms with Gasteiger partial charge in [-0.25, -0.2) is 0 Å². The van der Waals surface area contributed by atoms with E-state index in [4.69, 9.17) is 4.74 Å². The highest BCUT2D eigenvalue weighted by Crippen LogP contribution is 2.19. The van der Waals surface area contributed by atoms with Crippen molar-refractivity contribution in [3.05, 3.63) is 11.6 Å². The van der Waals surface area contributed by atoms with Crippen molar-refractivity contribution in [1.29, 1.82) is 0 Å². The first kappa shape index (κ1) is 15.4. The zero-order valence-electron chi connectivity index (χ0n) is 13.0. The van der Waals surface area contributed by atoms with Crippen LogP contribution in [0.15, 0.2) is 16.6 Å². The molecule has 1 N–H and O–H groups in total. The average Bonchev–Trinajstić information content (AvgIpc) is 2.97. The second-order valence-electron chi connectivity index (χ2n) is 5.94. The van der Waals surface area contributed by atoms with Crippen LogP contribution in [0.1, 0.15) is 38.5 Å². The molecule has 2 rings (SSSR count). The van der Waals surface area contributed by atoms with Gasteiger partial charge in [0.05, 0.1) is 6.61 Å². The van der Waals surface area contributed by atoms with Gasteiger partial charge >= 0.3 is 0 Å². The molecule has 1 saturated heterocycles. The van der Waals surface area contributed by atoms with E-state index in [9.17, 15) is 0 Å². The Labute approximate surface area is 123 Å². The fraction of sp³-hybridized carbons (Fsp3) is 0.812. The van der Waals surface area contributed by atoms with E-state index in [0.717, 1.165) is 38.7 Å². The minimum atomic E-state index is 0.652. The summed E-state index contributed by atoms with van der Waals surface area (Å²) in [4.78, 5) is 6.61. The topological polar surface area (TPSA) is 36.9 Å². The number of guanidine groups is 1. The lowest BCUT2D eigenvalue weighted by molar-refractivity contribution is 0.181. The molecule has 1 aliphatic heterocycles. The molecule has 1 unspecified atom stereocenters. The summed E-state index contributed by atoms with van der Waals surface area (Å²) in [5.41, 5.74) is 1.62. The van der Waals surface area contributed by atoms with Crippen molar-refractivity contribution in [2.45, 2.75) is 38.5 Å². The number of allylic oxidation sites excluding steroid dienone is 1. The molecular weight excluding hydrogens is 250 g/mol. The predicted molar refractivity (Wildman–Crippen MR) is 84.1 cm³/mol. The van der Waals surface area contributed by atoms with E-state index in [1.165, 1.54) is 32.1 Å². The van der Waals surface area contributed by atoms with Crippen LogP contribution >= 0.6 is 0 Å². The van der Waals surface area contributed by atoms with E-state index in [1.54, 1.807) is 5.57 Å². The highest BCUT2D eigenvalue weighted by molar-refractivity contribution is 5.79. The highest BCUT2D eigenvalue weighted by Gasteiger charge is 2.18. The predicted octanol–water partition coefficient (Wildman–Crippen LogP) is 2.42. The van der Waals surface area contributed by atoms with E-state index >= 15 is 0 Å². The first-order chi connectivity index (χ1) is 9.79. The Morgan fingerprint density at radius 2 is 2.40 bits per heavy atom. The number of nitrogens with one attached hydrogen (secondary N) is 1. The lowest BCUT2D eigenvalue weighted by atomic mass is 9.97. The van der Waals surface area contributed by atoms with Gasteiger partial charge in [0.1, 0.15) is 0 Å². The van der Waals surface area contributed by atoms with Crippen molar-refractivity contribution < 1.29 is 4.74 Å². The zero-order chi connectivity index (χ0) is 14.2. The molecule has 1 fully saturated rings. The van der Waals surface area contributed by atoms with Crippen LogP contribution in [0.2, 0.25) is 0 Å². The second-order valence-corrected chi connectivity index (χ2v) is 5.94. The van der Waals surface area contributed by atoms with E-state index in [0.29, 0.717) is 5.92 Å². The first-order valence-electron chi connectivity index (χ1n) is 7.97. The van der Waals surface area contributed by atoms with E-state index in [-0.39, 0.29) is 0 Å². The molecule has 0 radical (unpaired) electrons. The molecule has 20 heavy (non-hydrogen) atoms. The summed E-state index contributed by atoms with van der Waals surface area (Å²) in [6.45, 7) is 3.83. The number of hydrogen-bond acceptors (Lipinski definition) is 2. The van der Waals surface area contributed by atoms with E-state index in [1.807, 2.05) is 7.05 Å². The molecular formula is C16H29N3O. The third-order valence-corrected chi connectivity index (χ3v) is 4.24. The van der Waals surface area contributed by atoms with E-state index < -0.39 is 0 Å². The Balaban J connectivity index is 1.69. The van der Waals surface area contributed by atoms with Crippen molar-refractivity contribution in [3.63, 3.8) is 0 Å². The molecule has 0 bridgehead atoms. The zero-order valence-corrected chi connectivity index (χ0v) is 13.0. The summed E-state index contributed by atoms with van der Waals surface area (Å²) in [7, 11) is 3.98. The summed E-state index contributed by atoms with van der Waals surface area (Å²) in [5, 5.41) is 3.48. The smallest absolute Gasteiger partial charge is 0.193 e. The van der Waals surface area contributed by atoms with Gasteiger partial charge in [0.25, 0.3) is 0 Å². The quantitative estimate of drug-likeness (QED) is 0.477. The Morgan fingerprint density at radius 1 is 1.50 bits per heavy atom. The Morgan fingerprint density at radius 3 is 3.05 bits per heavy atom. The summed E-state index contributed by atoms with van der Waals surface area (Å²) in [6.07, 6.45) is 10.0. The van der Waals surface area contributed by atoms with Gasteiger partial charge in [-0.1, -0.05) is 11.6 Å². The SMILES string of the molecule is CN=C(NCCC1=CCCCC1)N(C)CC1CCOC1. The minimum Gasteiger partial charge on any atom is -0.381 e. The van der Waals surface area contributed by atoms with Gasteiger partial charge in [-0.15, -0.1) is 0 Å². The third kappa shape index (κ3) is 4.82. The van der Waals surface area contributed by atoms with Crippen molar-refractivity contribution in [3.8, 4) is 0 Å². The summed E-state index contributed by atoms with van der Waals surface area (Å²) >= 11 is 0. The standard InChI is InChI=1S/C16H29N3O/c1-17-16(19(2)12-15-9-11-20-13-15)18-10-8-14-6-4-3-5-7-14/h6,15H,3-5,7-13H2,1-2H3,(H,17,18). The largest absolute Gasteiger partial charge is 0.381 e. The number of rotatable bonds is 5. The molecule has 114 valence electrons. The van der Waals surface area contributed by atoms with Crippen molar-refractivity contribution in [2.75, 3.05) is 40.4 Å². The number of aliphatic imine (C=N–C) groups is 1. The highest BCUT2D eigenvalue weighted by atomic mass is 16.5. The molecule has 0 saturated carbocycles. The van der Waals surface area contributed by atoms with Crippen LogP contribution in [0.5, 0.6) is 0 Å².